The second-order valence-corrected chi connectivity index (χ2v) is 14.5. The highest BCUT2D eigenvalue weighted by atomic mass is 19.1. The summed E-state index contributed by atoms with van der Waals surface area (Å²) in [5.74, 6) is -0.893. The van der Waals surface area contributed by atoms with Crippen molar-refractivity contribution in [2.45, 2.75) is 167 Å². The van der Waals surface area contributed by atoms with E-state index < -0.39 is 29.3 Å². The van der Waals surface area contributed by atoms with Gasteiger partial charge in [0.15, 0.2) is 5.78 Å². The third-order valence-corrected chi connectivity index (χ3v) is 9.99. The topological polar surface area (TPSA) is 76.2 Å². The molecular weight excluding hydrogens is 547 g/mol. The lowest BCUT2D eigenvalue weighted by atomic mass is 9.78. The number of amides is 1. The molecule has 2 heterocycles. The van der Waals surface area contributed by atoms with Gasteiger partial charge in [0.1, 0.15) is 17.3 Å². The second-order valence-electron chi connectivity index (χ2n) is 14.5. The highest BCUT2D eigenvalue weighted by Crippen LogP contribution is 2.47. The molecule has 0 N–H and O–H groups in total. The summed E-state index contributed by atoms with van der Waals surface area (Å²) in [5, 5.41) is 0. The molecule has 1 saturated carbocycles. The largest absolute Gasteiger partial charge is 0.469 e. The lowest BCUT2D eigenvalue weighted by Gasteiger charge is -2.41. The SMILES string of the molecule is CCCCCCCCCCCCCCCC(=O)C1N(C2CCC(C(=O)OC)C2)C[C@@H]2CN(C(=O)OC(C)(C)C)CC[C@]12F. The summed E-state index contributed by atoms with van der Waals surface area (Å²) in [7, 11) is 1.41. The predicted molar refractivity (Wildman–Crippen MR) is 169 cm³/mol. The lowest BCUT2D eigenvalue weighted by molar-refractivity contribution is -0.145. The first-order chi connectivity index (χ1) is 20.5. The minimum Gasteiger partial charge on any atom is -0.469 e. The van der Waals surface area contributed by atoms with E-state index in [1.54, 1.807) is 4.90 Å². The fourth-order valence-electron chi connectivity index (χ4n) is 7.62. The number of likely N-dealkylation sites (tertiary alicyclic amines) is 2. The summed E-state index contributed by atoms with van der Waals surface area (Å²) in [5.41, 5.74) is -2.29. The first-order valence-corrected chi connectivity index (χ1v) is 17.5. The number of hydrogen-bond donors (Lipinski definition) is 0. The van der Waals surface area contributed by atoms with Crippen LogP contribution in [0.5, 0.6) is 0 Å². The van der Waals surface area contributed by atoms with Gasteiger partial charge in [0.25, 0.3) is 0 Å². The number of alkyl halides is 1. The Balaban J connectivity index is 1.51. The maximum absolute atomic E-state index is 17.0. The molecule has 3 rings (SSSR count). The Morgan fingerprint density at radius 1 is 0.860 bits per heavy atom. The number of unbranched alkanes of at least 4 members (excludes halogenated alkanes) is 12. The number of nitrogens with zero attached hydrogens (tertiary/aromatic N) is 2. The fraction of sp³-hybridized carbons (Fsp3) is 0.914. The smallest absolute Gasteiger partial charge is 0.410 e. The van der Waals surface area contributed by atoms with Crippen molar-refractivity contribution in [2.24, 2.45) is 11.8 Å². The van der Waals surface area contributed by atoms with E-state index in [1.165, 1.54) is 71.3 Å². The van der Waals surface area contributed by atoms with Gasteiger partial charge in [0.05, 0.1) is 13.0 Å². The van der Waals surface area contributed by atoms with E-state index in [1.807, 2.05) is 20.8 Å². The van der Waals surface area contributed by atoms with E-state index in [-0.39, 0.29) is 43.2 Å². The van der Waals surface area contributed by atoms with E-state index >= 15 is 4.39 Å². The molecule has 2 saturated heterocycles. The lowest BCUT2D eigenvalue weighted by Crippen LogP contribution is -2.57. The van der Waals surface area contributed by atoms with Crippen molar-refractivity contribution in [3.05, 3.63) is 0 Å². The normalized spacial score (nSPS) is 27.7. The van der Waals surface area contributed by atoms with Crippen molar-refractivity contribution in [3.8, 4) is 0 Å². The van der Waals surface area contributed by atoms with E-state index in [9.17, 15) is 14.4 Å². The molecular formula is C35H61FN2O5. The van der Waals surface area contributed by atoms with E-state index in [4.69, 9.17) is 9.47 Å². The fourth-order valence-corrected chi connectivity index (χ4v) is 7.62. The Labute approximate surface area is 261 Å². The molecule has 3 unspecified atom stereocenters. The van der Waals surface area contributed by atoms with Crippen molar-refractivity contribution in [1.82, 2.24) is 9.80 Å². The number of hydrogen-bond acceptors (Lipinski definition) is 6. The van der Waals surface area contributed by atoms with Crippen LogP contribution in [0, 0.1) is 11.8 Å². The van der Waals surface area contributed by atoms with Crippen LogP contribution in [-0.2, 0) is 19.1 Å². The van der Waals surface area contributed by atoms with Gasteiger partial charge in [-0.15, -0.1) is 0 Å². The van der Waals surface area contributed by atoms with Crippen LogP contribution in [0.2, 0.25) is 0 Å². The predicted octanol–water partition coefficient (Wildman–Crippen LogP) is 8.03. The van der Waals surface area contributed by atoms with E-state index in [0.717, 1.165) is 25.7 Å². The number of methoxy groups -OCH3 is 1. The average Bonchev–Trinajstić information content (AvgIpc) is 3.56. The summed E-state index contributed by atoms with van der Waals surface area (Å²) in [6.07, 6.45) is 18.2. The minimum absolute atomic E-state index is 0.0136. The quantitative estimate of drug-likeness (QED) is 0.123. The summed E-state index contributed by atoms with van der Waals surface area (Å²) < 4.78 is 27.6. The van der Waals surface area contributed by atoms with Gasteiger partial charge in [-0.25, -0.2) is 9.18 Å². The number of Topliss-reactive ketones (excluding diaryl/α,β-unsaturated/α-hetero) is 1. The third kappa shape index (κ3) is 10.4. The highest BCUT2D eigenvalue weighted by Gasteiger charge is 2.61. The first kappa shape index (κ1) is 35.8. The monoisotopic (exact) mass is 608 g/mol. The second kappa shape index (κ2) is 17.1. The van der Waals surface area contributed by atoms with Gasteiger partial charge in [-0.3, -0.25) is 14.5 Å². The number of piperidine rings is 1. The standard InChI is InChI=1S/C35H61FN2O5/c1-6-7-8-9-10-11-12-13-14-15-16-17-18-19-30(39)31-35(36)22-23-37(33(41)43-34(2,3)4)25-28(35)26-38(31)29-21-20-27(24-29)32(40)42-5/h27-29,31H,6-26H2,1-5H3/t27?,28-,29?,31?,35+/m0/s1. The van der Waals surface area contributed by atoms with Gasteiger partial charge in [0.2, 0.25) is 0 Å². The van der Waals surface area contributed by atoms with Crippen molar-refractivity contribution in [3.63, 3.8) is 0 Å². The van der Waals surface area contributed by atoms with Gasteiger partial charge in [-0.05, 0) is 46.5 Å². The number of fused-ring (bicyclic) bond motifs is 1. The highest BCUT2D eigenvalue weighted by molar-refractivity contribution is 5.86. The molecule has 0 spiro atoms. The summed E-state index contributed by atoms with van der Waals surface area (Å²) in [6, 6.07) is -0.838. The summed E-state index contributed by atoms with van der Waals surface area (Å²) in [6.45, 7) is 8.65. The van der Waals surface area contributed by atoms with Gasteiger partial charge in [-0.2, -0.15) is 0 Å². The number of carbonyl (C=O) groups is 3. The number of rotatable bonds is 17. The maximum atomic E-state index is 17.0. The van der Waals surface area contributed by atoms with Crippen molar-refractivity contribution in [2.75, 3.05) is 26.7 Å². The van der Waals surface area contributed by atoms with Crippen LogP contribution in [0.25, 0.3) is 0 Å². The molecule has 43 heavy (non-hydrogen) atoms. The van der Waals surface area contributed by atoms with Gasteiger partial charge >= 0.3 is 12.1 Å². The Morgan fingerprint density at radius 2 is 1.44 bits per heavy atom. The van der Waals surface area contributed by atoms with Crippen molar-refractivity contribution >= 4 is 17.8 Å². The first-order valence-electron chi connectivity index (χ1n) is 17.5. The Morgan fingerprint density at radius 3 is 2.00 bits per heavy atom. The third-order valence-electron chi connectivity index (χ3n) is 9.99. The van der Waals surface area contributed by atoms with Gasteiger partial charge < -0.3 is 14.4 Å². The molecule has 1 aliphatic carbocycles. The molecule has 8 heteroatoms. The molecule has 248 valence electrons. The minimum atomic E-state index is -1.67. The molecule has 0 aromatic rings. The number of halogens is 1. The van der Waals surface area contributed by atoms with Crippen LogP contribution in [-0.4, -0.2) is 77.7 Å². The Kier molecular flexibility index (Phi) is 14.2. The van der Waals surface area contributed by atoms with E-state index in [0.29, 0.717) is 25.8 Å². The van der Waals surface area contributed by atoms with Gasteiger partial charge in [0, 0.05) is 44.4 Å². The van der Waals surface area contributed by atoms with Crippen molar-refractivity contribution < 1.29 is 28.2 Å². The zero-order chi connectivity index (χ0) is 31.5. The average molecular weight is 609 g/mol. The van der Waals surface area contributed by atoms with Crippen LogP contribution in [0.3, 0.4) is 0 Å². The Bertz CT molecular complexity index is 892. The number of carbonyl (C=O) groups excluding carboxylic acids is 3. The van der Waals surface area contributed by atoms with E-state index in [2.05, 4.69) is 11.8 Å². The molecule has 0 aromatic heterocycles. The molecule has 7 nitrogen and oxygen atoms in total. The number of esters is 1. The van der Waals surface area contributed by atoms with Crippen LogP contribution < -0.4 is 0 Å². The molecule has 0 aromatic carbocycles. The molecule has 3 aliphatic rings. The number of ketones is 1. The molecule has 0 bridgehead atoms. The molecule has 0 radical (unpaired) electrons. The van der Waals surface area contributed by atoms with Crippen molar-refractivity contribution in [1.29, 1.82) is 0 Å². The van der Waals surface area contributed by atoms with Crippen LogP contribution >= 0.6 is 0 Å². The zero-order valence-corrected chi connectivity index (χ0v) is 28.0. The van der Waals surface area contributed by atoms with Gasteiger partial charge in [-0.1, -0.05) is 84.0 Å². The summed E-state index contributed by atoms with van der Waals surface area (Å²) in [4.78, 5) is 42.5. The van der Waals surface area contributed by atoms with Crippen LogP contribution in [0.4, 0.5) is 9.18 Å². The maximum Gasteiger partial charge on any atom is 0.410 e. The van der Waals surface area contributed by atoms with Crippen LogP contribution in [0.15, 0.2) is 0 Å². The summed E-state index contributed by atoms with van der Waals surface area (Å²) >= 11 is 0. The zero-order valence-electron chi connectivity index (χ0n) is 28.0. The van der Waals surface area contributed by atoms with Crippen LogP contribution in [0.1, 0.15) is 143 Å². The molecule has 2 aliphatic heterocycles. The molecule has 5 atom stereocenters. The molecule has 3 fully saturated rings. The molecule has 1 amide bonds. The Hall–Kier alpha value is -1.70. The number of ether oxygens (including phenoxy) is 2.